The van der Waals surface area contributed by atoms with E-state index in [0.717, 1.165) is 0 Å². The number of hydrogen-bond donors (Lipinski definition) is 2. The predicted octanol–water partition coefficient (Wildman–Crippen LogP) is 3.63. The Morgan fingerprint density at radius 1 is 1.10 bits per heavy atom. The summed E-state index contributed by atoms with van der Waals surface area (Å²) in [4.78, 5) is 40.9. The average Bonchev–Trinajstić information content (AvgIpc) is 2.87. The lowest BCUT2D eigenvalue weighted by Gasteiger charge is -2.68. The van der Waals surface area contributed by atoms with Crippen LogP contribution in [0.5, 0.6) is 0 Å². The van der Waals surface area contributed by atoms with Gasteiger partial charge in [0.2, 0.25) is 0 Å². The third-order valence-electron chi connectivity index (χ3n) is 10.7. The molecule has 1 aromatic rings. The maximum Gasteiger partial charge on any atom is 0.338 e. The maximum absolute atomic E-state index is 14.7. The van der Waals surface area contributed by atoms with Gasteiger partial charge in [-0.2, -0.15) is 0 Å². The molecule has 1 aromatic carbocycles. The molecule has 0 spiro atoms. The molecule has 0 aromatic heterocycles. The number of rotatable bonds is 3. The number of fused-ring (bicyclic) bond motifs is 5. The SMILES string of the molecule is CC(=O)OC12COC1C[C@H](C)[C@@]1(C)C(=O)[C@H](C)C3=C(C)C(O)CC(O)(C(OC(=O)c4ccccc4)C21)C3(C)C. The predicted molar refractivity (Wildman–Crippen MR) is 141 cm³/mol. The molecule has 6 unspecified atom stereocenters. The number of Topliss-reactive ketones (excluding diaryl/α,β-unsaturated/α-hetero) is 1. The monoisotopic (exact) mass is 540 g/mol. The molecule has 5 rings (SSSR count). The topological polar surface area (TPSA) is 119 Å². The molecule has 212 valence electrons. The fourth-order valence-corrected chi connectivity index (χ4v) is 8.46. The fourth-order valence-electron chi connectivity index (χ4n) is 8.46. The van der Waals surface area contributed by atoms with E-state index in [4.69, 9.17) is 14.2 Å². The molecule has 0 radical (unpaired) electrons. The van der Waals surface area contributed by atoms with Crippen molar-refractivity contribution in [2.24, 2.45) is 28.6 Å². The van der Waals surface area contributed by atoms with Crippen LogP contribution in [0.2, 0.25) is 0 Å². The zero-order chi connectivity index (χ0) is 28.7. The zero-order valence-electron chi connectivity index (χ0n) is 23.8. The van der Waals surface area contributed by atoms with Gasteiger partial charge in [-0.15, -0.1) is 0 Å². The first-order chi connectivity index (χ1) is 18.1. The van der Waals surface area contributed by atoms with Crippen molar-refractivity contribution < 1.29 is 38.8 Å². The summed E-state index contributed by atoms with van der Waals surface area (Å²) in [6, 6.07) is 8.47. The number of ketones is 1. The van der Waals surface area contributed by atoms with Crippen LogP contribution in [-0.4, -0.2) is 64.1 Å². The zero-order valence-corrected chi connectivity index (χ0v) is 23.8. The van der Waals surface area contributed by atoms with E-state index in [1.165, 1.54) is 6.92 Å². The van der Waals surface area contributed by atoms with Crippen molar-refractivity contribution >= 4 is 17.7 Å². The van der Waals surface area contributed by atoms with Crippen molar-refractivity contribution in [3.05, 3.63) is 47.0 Å². The second-order valence-corrected chi connectivity index (χ2v) is 12.9. The van der Waals surface area contributed by atoms with Gasteiger partial charge in [0.25, 0.3) is 0 Å². The highest BCUT2D eigenvalue weighted by Crippen LogP contribution is 2.66. The van der Waals surface area contributed by atoms with Crippen LogP contribution in [0.1, 0.15) is 71.7 Å². The highest BCUT2D eigenvalue weighted by Gasteiger charge is 2.76. The molecule has 3 fully saturated rings. The van der Waals surface area contributed by atoms with Crippen LogP contribution in [0.3, 0.4) is 0 Å². The Hall–Kier alpha value is -2.55. The largest absolute Gasteiger partial charge is 0.455 e. The highest BCUT2D eigenvalue weighted by atomic mass is 16.6. The summed E-state index contributed by atoms with van der Waals surface area (Å²) in [5.74, 6) is -3.08. The first-order valence-corrected chi connectivity index (χ1v) is 13.9. The van der Waals surface area contributed by atoms with Crippen molar-refractivity contribution in [2.75, 3.05) is 6.61 Å². The first-order valence-electron chi connectivity index (χ1n) is 13.9. The molecule has 2 saturated carbocycles. The summed E-state index contributed by atoms with van der Waals surface area (Å²) in [7, 11) is 0. The van der Waals surface area contributed by atoms with Crippen molar-refractivity contribution in [3.63, 3.8) is 0 Å². The number of aliphatic hydroxyl groups excluding tert-OH is 1. The molecule has 2 bridgehead atoms. The van der Waals surface area contributed by atoms with Crippen molar-refractivity contribution in [1.29, 1.82) is 0 Å². The molecular weight excluding hydrogens is 500 g/mol. The van der Waals surface area contributed by atoms with Crippen LogP contribution in [0.15, 0.2) is 41.5 Å². The molecule has 4 aliphatic rings. The van der Waals surface area contributed by atoms with Crippen LogP contribution in [0.4, 0.5) is 0 Å². The Bertz CT molecular complexity index is 1240. The minimum Gasteiger partial charge on any atom is -0.455 e. The van der Waals surface area contributed by atoms with E-state index in [-0.39, 0.29) is 30.3 Å². The van der Waals surface area contributed by atoms with Crippen LogP contribution < -0.4 is 0 Å². The van der Waals surface area contributed by atoms with Crippen molar-refractivity contribution in [2.45, 2.75) is 90.8 Å². The van der Waals surface area contributed by atoms with Gasteiger partial charge in [0, 0.05) is 30.1 Å². The molecule has 1 aliphatic heterocycles. The van der Waals surface area contributed by atoms with Crippen molar-refractivity contribution in [1.82, 2.24) is 0 Å². The highest BCUT2D eigenvalue weighted by molar-refractivity contribution is 5.92. The molecule has 0 amide bonds. The summed E-state index contributed by atoms with van der Waals surface area (Å²) >= 11 is 0. The standard InChI is InChI=1S/C31H40O8/c1-16-13-22-30(15-37-22,39-19(4)32)24-26(38-27(35)20-11-9-8-10-12-20)31(36)14-21(33)17(2)23(28(31,5)6)18(3)25(34)29(16,24)7/h8-12,16,18,21-22,24,26,33,36H,13-15H2,1-7H3/t16-,18+,21?,22?,24?,26?,29+,30?,31?/m0/s1. The summed E-state index contributed by atoms with van der Waals surface area (Å²) in [5, 5.41) is 24.1. The molecule has 39 heavy (non-hydrogen) atoms. The lowest BCUT2D eigenvalue weighted by Crippen LogP contribution is -2.80. The summed E-state index contributed by atoms with van der Waals surface area (Å²) in [6.45, 7) is 12.5. The Morgan fingerprint density at radius 2 is 1.74 bits per heavy atom. The van der Waals surface area contributed by atoms with Crippen LogP contribution in [0, 0.1) is 28.6 Å². The number of carbonyl (C=O) groups is 3. The Kier molecular flexibility index (Phi) is 6.45. The van der Waals surface area contributed by atoms with Crippen molar-refractivity contribution in [3.8, 4) is 0 Å². The molecule has 1 saturated heterocycles. The summed E-state index contributed by atoms with van der Waals surface area (Å²) in [5.41, 5.74) is -3.68. The van der Waals surface area contributed by atoms with Gasteiger partial charge in [-0.1, -0.05) is 52.8 Å². The van der Waals surface area contributed by atoms with Gasteiger partial charge in [-0.05, 0) is 42.5 Å². The minimum atomic E-state index is -1.79. The summed E-state index contributed by atoms with van der Waals surface area (Å²) < 4.78 is 18.3. The van der Waals surface area contributed by atoms with E-state index < -0.39 is 64.1 Å². The van der Waals surface area contributed by atoms with Gasteiger partial charge in [-0.25, -0.2) is 4.79 Å². The maximum atomic E-state index is 14.7. The normalized spacial score (nSPS) is 42.7. The van der Waals surface area contributed by atoms with E-state index in [1.54, 1.807) is 37.3 Å². The number of hydrogen-bond acceptors (Lipinski definition) is 8. The third kappa shape index (κ3) is 3.64. The van der Waals surface area contributed by atoms with Crippen LogP contribution in [0.25, 0.3) is 0 Å². The van der Waals surface area contributed by atoms with Gasteiger partial charge in [-0.3, -0.25) is 9.59 Å². The van der Waals surface area contributed by atoms with Crippen LogP contribution >= 0.6 is 0 Å². The Labute approximate surface area is 229 Å². The minimum absolute atomic E-state index is 0.0199. The lowest BCUT2D eigenvalue weighted by atomic mass is 9.42. The quantitative estimate of drug-likeness (QED) is 0.441. The molecular formula is C31H40O8. The van der Waals surface area contributed by atoms with Gasteiger partial charge in [0.15, 0.2) is 5.60 Å². The number of esters is 2. The van der Waals surface area contributed by atoms with Crippen LogP contribution in [-0.2, 0) is 23.8 Å². The average molecular weight is 541 g/mol. The third-order valence-corrected chi connectivity index (χ3v) is 10.7. The number of benzene rings is 1. The van der Waals surface area contributed by atoms with Gasteiger partial charge < -0.3 is 24.4 Å². The lowest BCUT2D eigenvalue weighted by molar-refractivity contribution is -0.339. The second kappa shape index (κ2) is 8.98. The van der Waals surface area contributed by atoms with E-state index in [2.05, 4.69) is 0 Å². The first kappa shape index (κ1) is 28.0. The van der Waals surface area contributed by atoms with E-state index in [1.807, 2.05) is 34.6 Å². The summed E-state index contributed by atoms with van der Waals surface area (Å²) in [6.07, 6.45) is -2.50. The molecule has 8 heteroatoms. The number of carbonyl (C=O) groups excluding carboxylic acids is 3. The fraction of sp³-hybridized carbons (Fsp3) is 0.645. The van der Waals surface area contributed by atoms with Gasteiger partial charge >= 0.3 is 11.9 Å². The van der Waals surface area contributed by atoms with E-state index >= 15 is 0 Å². The molecule has 9 atom stereocenters. The smallest absolute Gasteiger partial charge is 0.338 e. The molecule has 1 heterocycles. The second-order valence-electron chi connectivity index (χ2n) is 12.9. The Balaban J connectivity index is 1.81. The van der Waals surface area contributed by atoms with Gasteiger partial charge in [0.05, 0.1) is 24.2 Å². The Morgan fingerprint density at radius 3 is 2.31 bits per heavy atom. The number of aliphatic hydroxyl groups is 2. The van der Waals surface area contributed by atoms with Gasteiger partial charge in [0.1, 0.15) is 23.6 Å². The molecule has 8 nitrogen and oxygen atoms in total. The van der Waals surface area contributed by atoms with E-state index in [0.29, 0.717) is 17.6 Å². The molecule has 3 aliphatic carbocycles. The molecule has 2 N–H and O–H groups in total. The van der Waals surface area contributed by atoms with E-state index in [9.17, 15) is 24.6 Å². The number of ether oxygens (including phenoxy) is 3.